The fourth-order valence-corrected chi connectivity index (χ4v) is 0.897. The highest BCUT2D eigenvalue weighted by molar-refractivity contribution is 7.80. The second-order valence-corrected chi connectivity index (χ2v) is 2.70. The molecule has 0 aliphatic rings. The van der Waals surface area contributed by atoms with Crippen LogP contribution in [0.4, 0.5) is 0 Å². The number of hydrazone groups is 1. The van der Waals surface area contributed by atoms with E-state index in [2.05, 4.69) is 29.3 Å². The highest BCUT2D eigenvalue weighted by Gasteiger charge is 1.91. The van der Waals surface area contributed by atoms with Crippen LogP contribution in [-0.2, 0) is 0 Å². The minimum atomic E-state index is 0.146. The molecule has 0 fully saturated rings. The van der Waals surface area contributed by atoms with E-state index in [1.54, 1.807) is 12.4 Å². The Morgan fingerprint density at radius 1 is 1.77 bits per heavy atom. The molecule has 0 amide bonds. The standard InChI is InChI=1S/C8H10N4S/c1-2-12-5-3-4-7(12)6-10-11-8(9)13/h2-6H,1H2,(H3,9,11,13)/b10-6-. The molecule has 0 atom stereocenters. The number of nitrogens with zero attached hydrogens (tertiary/aromatic N) is 2. The Hall–Kier alpha value is -1.62. The molecule has 0 saturated heterocycles. The van der Waals surface area contributed by atoms with E-state index in [1.165, 1.54) is 0 Å². The lowest BCUT2D eigenvalue weighted by atomic mass is 10.5. The van der Waals surface area contributed by atoms with Crippen LogP contribution in [0.1, 0.15) is 5.69 Å². The van der Waals surface area contributed by atoms with Gasteiger partial charge in [-0.1, -0.05) is 6.58 Å². The van der Waals surface area contributed by atoms with Gasteiger partial charge in [0, 0.05) is 12.4 Å². The topological polar surface area (TPSA) is 55.3 Å². The fourth-order valence-electron chi connectivity index (χ4n) is 0.844. The molecule has 13 heavy (non-hydrogen) atoms. The van der Waals surface area contributed by atoms with Crippen molar-refractivity contribution in [3.05, 3.63) is 30.6 Å². The zero-order chi connectivity index (χ0) is 9.68. The van der Waals surface area contributed by atoms with Crippen LogP contribution in [0.5, 0.6) is 0 Å². The monoisotopic (exact) mass is 194 g/mol. The smallest absolute Gasteiger partial charge is 0.184 e. The van der Waals surface area contributed by atoms with Crippen molar-refractivity contribution in [1.29, 1.82) is 0 Å². The van der Waals surface area contributed by atoms with Crippen LogP contribution < -0.4 is 11.2 Å². The van der Waals surface area contributed by atoms with Crippen LogP contribution in [0.3, 0.4) is 0 Å². The van der Waals surface area contributed by atoms with Crippen molar-refractivity contribution in [1.82, 2.24) is 9.99 Å². The first-order valence-corrected chi connectivity index (χ1v) is 4.03. The molecular formula is C8H10N4S. The molecule has 1 aromatic heterocycles. The van der Waals surface area contributed by atoms with Crippen molar-refractivity contribution in [3.8, 4) is 0 Å². The number of hydrogen-bond donors (Lipinski definition) is 2. The molecule has 4 nitrogen and oxygen atoms in total. The summed E-state index contributed by atoms with van der Waals surface area (Å²) in [4.78, 5) is 0. The normalized spacial score (nSPS) is 10.2. The zero-order valence-electron chi connectivity index (χ0n) is 6.97. The third-order valence-electron chi connectivity index (χ3n) is 1.38. The second kappa shape index (κ2) is 4.42. The maximum Gasteiger partial charge on any atom is 0.184 e. The molecule has 0 bridgehead atoms. The van der Waals surface area contributed by atoms with E-state index in [1.807, 2.05) is 22.9 Å². The van der Waals surface area contributed by atoms with Gasteiger partial charge in [-0.2, -0.15) is 5.10 Å². The summed E-state index contributed by atoms with van der Waals surface area (Å²) >= 11 is 4.58. The molecule has 0 aliphatic carbocycles. The largest absolute Gasteiger partial charge is 0.375 e. The lowest BCUT2D eigenvalue weighted by molar-refractivity contribution is 1.03. The van der Waals surface area contributed by atoms with Crippen LogP contribution in [0.2, 0.25) is 0 Å². The third kappa shape index (κ3) is 2.72. The van der Waals surface area contributed by atoms with E-state index < -0.39 is 0 Å². The Kier molecular flexibility index (Phi) is 3.22. The highest BCUT2D eigenvalue weighted by atomic mass is 32.1. The molecule has 68 valence electrons. The van der Waals surface area contributed by atoms with Crippen molar-refractivity contribution in [2.75, 3.05) is 0 Å². The van der Waals surface area contributed by atoms with Gasteiger partial charge in [0.05, 0.1) is 11.9 Å². The van der Waals surface area contributed by atoms with Crippen LogP contribution in [0.15, 0.2) is 30.0 Å². The number of rotatable bonds is 3. The summed E-state index contributed by atoms with van der Waals surface area (Å²) in [7, 11) is 0. The summed E-state index contributed by atoms with van der Waals surface area (Å²) in [5, 5.41) is 3.96. The maximum absolute atomic E-state index is 5.18. The van der Waals surface area contributed by atoms with Crippen LogP contribution in [0, 0.1) is 0 Å². The lowest BCUT2D eigenvalue weighted by Gasteiger charge is -1.96. The number of hydrogen-bond acceptors (Lipinski definition) is 2. The molecule has 1 rings (SSSR count). The third-order valence-corrected chi connectivity index (χ3v) is 1.47. The molecule has 0 radical (unpaired) electrons. The van der Waals surface area contributed by atoms with Crippen LogP contribution in [-0.4, -0.2) is 15.9 Å². The fraction of sp³-hybridized carbons (Fsp3) is 0. The van der Waals surface area contributed by atoms with E-state index >= 15 is 0 Å². The molecular weight excluding hydrogens is 184 g/mol. The summed E-state index contributed by atoms with van der Waals surface area (Å²) in [6.07, 6.45) is 5.16. The van der Waals surface area contributed by atoms with Gasteiger partial charge in [-0.15, -0.1) is 0 Å². The number of nitrogens with one attached hydrogen (secondary N) is 1. The summed E-state index contributed by atoms with van der Waals surface area (Å²) in [5.41, 5.74) is 8.55. The lowest BCUT2D eigenvalue weighted by Crippen LogP contribution is -2.24. The number of aromatic nitrogens is 1. The SMILES string of the molecule is C=Cn1cccc1/C=N\NC(N)=S. The molecule has 5 heteroatoms. The van der Waals surface area contributed by atoms with Gasteiger partial charge in [0.25, 0.3) is 0 Å². The Morgan fingerprint density at radius 2 is 2.54 bits per heavy atom. The summed E-state index contributed by atoms with van der Waals surface area (Å²) in [5.74, 6) is 0. The molecule has 1 aromatic rings. The van der Waals surface area contributed by atoms with Gasteiger partial charge >= 0.3 is 0 Å². The van der Waals surface area contributed by atoms with Crippen LogP contribution >= 0.6 is 12.2 Å². The average molecular weight is 194 g/mol. The predicted molar refractivity (Wildman–Crippen MR) is 58.3 cm³/mol. The molecule has 0 saturated carbocycles. The highest BCUT2D eigenvalue weighted by Crippen LogP contribution is 1.98. The van der Waals surface area contributed by atoms with Gasteiger partial charge in [-0.05, 0) is 24.4 Å². The Balaban J connectivity index is 2.67. The second-order valence-electron chi connectivity index (χ2n) is 2.26. The van der Waals surface area contributed by atoms with Crippen molar-refractivity contribution in [3.63, 3.8) is 0 Å². The molecule has 0 unspecified atom stereocenters. The van der Waals surface area contributed by atoms with Crippen molar-refractivity contribution in [2.45, 2.75) is 0 Å². The van der Waals surface area contributed by atoms with Crippen molar-refractivity contribution in [2.24, 2.45) is 10.8 Å². The maximum atomic E-state index is 5.18. The molecule has 0 aromatic carbocycles. The Morgan fingerprint density at radius 3 is 3.15 bits per heavy atom. The summed E-state index contributed by atoms with van der Waals surface area (Å²) in [6, 6.07) is 3.79. The van der Waals surface area contributed by atoms with Gasteiger partial charge in [0.1, 0.15) is 0 Å². The van der Waals surface area contributed by atoms with E-state index in [0.29, 0.717) is 0 Å². The number of nitrogens with two attached hydrogens (primary N) is 1. The van der Waals surface area contributed by atoms with Crippen molar-refractivity contribution < 1.29 is 0 Å². The van der Waals surface area contributed by atoms with Gasteiger partial charge in [-0.3, -0.25) is 5.43 Å². The molecule has 0 spiro atoms. The van der Waals surface area contributed by atoms with E-state index in [9.17, 15) is 0 Å². The molecule has 3 N–H and O–H groups in total. The first-order valence-electron chi connectivity index (χ1n) is 3.62. The van der Waals surface area contributed by atoms with Crippen LogP contribution in [0.25, 0.3) is 6.20 Å². The summed E-state index contributed by atoms with van der Waals surface area (Å²) < 4.78 is 1.82. The average Bonchev–Trinajstić information content (AvgIpc) is 2.51. The van der Waals surface area contributed by atoms with E-state index in [4.69, 9.17) is 5.73 Å². The number of thiocarbonyl (C=S) groups is 1. The minimum Gasteiger partial charge on any atom is -0.375 e. The first-order chi connectivity index (χ1) is 6.24. The van der Waals surface area contributed by atoms with E-state index in [0.717, 1.165) is 5.69 Å². The van der Waals surface area contributed by atoms with Gasteiger partial charge in [-0.25, -0.2) is 0 Å². The quantitative estimate of drug-likeness (QED) is 0.424. The predicted octanol–water partition coefficient (Wildman–Crippen LogP) is 0.756. The Labute approximate surface area is 81.7 Å². The Bertz CT molecular complexity index is 340. The van der Waals surface area contributed by atoms with Gasteiger partial charge in [0.2, 0.25) is 0 Å². The molecule has 0 aliphatic heterocycles. The summed E-state index contributed by atoms with van der Waals surface area (Å²) in [6.45, 7) is 3.64. The van der Waals surface area contributed by atoms with E-state index in [-0.39, 0.29) is 5.11 Å². The van der Waals surface area contributed by atoms with Crippen molar-refractivity contribution >= 4 is 29.7 Å². The minimum absolute atomic E-state index is 0.146. The van der Waals surface area contributed by atoms with Gasteiger partial charge in [0.15, 0.2) is 5.11 Å². The zero-order valence-corrected chi connectivity index (χ0v) is 7.79. The molecule has 1 heterocycles. The van der Waals surface area contributed by atoms with Gasteiger partial charge < -0.3 is 10.3 Å². The first kappa shape index (κ1) is 9.47.